The molecular weight excluding hydrogens is 120 g/mol. The van der Waals surface area contributed by atoms with E-state index in [4.69, 9.17) is 8.76 Å². The molecule has 0 saturated carbocycles. The molecule has 0 bridgehead atoms. The molecule has 0 radical (unpaired) electrons. The first-order valence-corrected chi connectivity index (χ1v) is 2.31. The largest absolute Gasteiger partial charge is 0.759 e. The summed E-state index contributed by atoms with van der Waals surface area (Å²) in [6, 6.07) is 0. The molecule has 0 saturated heterocycles. The van der Waals surface area contributed by atoms with Crippen LogP contribution in [-0.4, -0.2) is 8.76 Å². The molecule has 0 amide bonds. The molecule has 8 N–H and O–H groups in total. The van der Waals surface area contributed by atoms with Crippen LogP contribution in [-0.2, 0) is 11.3 Å². The average Bonchev–Trinajstić information content (AvgIpc) is 1.73. The Balaban J connectivity index is 0. The highest BCUT2D eigenvalue weighted by atomic mass is 32.2. The summed E-state index contributed by atoms with van der Waals surface area (Å²) in [5.41, 5.74) is 0. The summed E-state index contributed by atoms with van der Waals surface area (Å²) in [6.07, 6.45) is 0. The van der Waals surface area contributed by atoms with E-state index in [1.54, 1.807) is 0 Å². The number of quaternary nitrogens is 1. The lowest BCUT2D eigenvalue weighted by Crippen LogP contribution is -2.59. The van der Waals surface area contributed by atoms with Crippen LogP contribution in [0.25, 0.3) is 0 Å². The van der Waals surface area contributed by atoms with Crippen molar-refractivity contribution in [1.82, 2.24) is 4.83 Å². The van der Waals surface area contributed by atoms with Crippen molar-refractivity contribution in [3.05, 3.63) is 0 Å². The van der Waals surface area contributed by atoms with E-state index in [9.17, 15) is 0 Å². The summed E-state index contributed by atoms with van der Waals surface area (Å²) in [7, 11) is 0. The van der Waals surface area contributed by atoms with Crippen LogP contribution in [0.5, 0.6) is 0 Å². The first-order valence-electron chi connectivity index (χ1n) is 1.23. The first kappa shape index (κ1) is 10.0. The minimum absolute atomic E-state index is 1.44. The Morgan fingerprint density at radius 3 is 1.86 bits per heavy atom. The van der Waals surface area contributed by atoms with Crippen molar-refractivity contribution in [2.75, 3.05) is 0 Å². The fourth-order valence-electron chi connectivity index (χ4n) is 0. The molecule has 7 heteroatoms. The molecule has 0 rings (SSSR count). The zero-order chi connectivity index (χ0) is 6.28. The molecule has 0 aromatic carbocycles. The molecule has 0 heterocycles. The van der Waals surface area contributed by atoms with Crippen molar-refractivity contribution in [2.45, 2.75) is 0 Å². The number of nitrogens with two attached hydrogens (primary N) is 2. The maximum absolute atomic E-state index is 9.13. The zero-order valence-electron chi connectivity index (χ0n) is 3.59. The Morgan fingerprint density at radius 2 is 1.86 bits per heavy atom. The van der Waals surface area contributed by atoms with Gasteiger partial charge in [0.25, 0.3) is 0 Å². The van der Waals surface area contributed by atoms with E-state index >= 15 is 0 Å². The van der Waals surface area contributed by atoms with Crippen LogP contribution in [0.1, 0.15) is 0 Å². The quantitative estimate of drug-likeness (QED) is 0.164. The number of hydrazine groups is 1. The number of rotatable bonds is 1. The molecule has 0 fully saturated rings. The van der Waals surface area contributed by atoms with Gasteiger partial charge in [-0.15, -0.1) is 0 Å². The molecule has 46 valence electrons. The van der Waals surface area contributed by atoms with E-state index in [2.05, 4.69) is 17.5 Å². The van der Waals surface area contributed by atoms with Crippen LogP contribution in [0.15, 0.2) is 0 Å². The van der Waals surface area contributed by atoms with Crippen molar-refractivity contribution in [1.29, 1.82) is 0 Å². The molecule has 6 nitrogen and oxygen atoms in total. The van der Waals surface area contributed by atoms with Crippen LogP contribution < -0.4 is 22.4 Å². The summed E-state index contributed by atoms with van der Waals surface area (Å²) < 4.78 is 18.3. The topological polar surface area (TPSA) is 132 Å². The minimum Gasteiger partial charge on any atom is -0.759 e. The van der Waals surface area contributed by atoms with Gasteiger partial charge in [-0.25, -0.2) is 0 Å². The molecule has 0 aromatic rings. The van der Waals surface area contributed by atoms with E-state index < -0.39 is 11.3 Å². The van der Waals surface area contributed by atoms with Crippen LogP contribution in [0.2, 0.25) is 0 Å². The summed E-state index contributed by atoms with van der Waals surface area (Å²) in [6.45, 7) is 0. The van der Waals surface area contributed by atoms with Gasteiger partial charge in [0.2, 0.25) is 0 Å². The number of hydrogen-bond donors (Lipinski definition) is 4. The Labute approximate surface area is 43.4 Å². The predicted molar refractivity (Wildman–Crippen MR) is 23.3 cm³/mol. The van der Waals surface area contributed by atoms with Gasteiger partial charge in [0.1, 0.15) is 0 Å². The van der Waals surface area contributed by atoms with Crippen molar-refractivity contribution in [3.8, 4) is 0 Å². The van der Waals surface area contributed by atoms with E-state index in [1.807, 2.05) is 0 Å². The van der Waals surface area contributed by atoms with Crippen LogP contribution in [0, 0.1) is 0 Å². The molecular formula is H8N4O2S. The Kier molecular flexibility index (Phi) is 13.4. The van der Waals surface area contributed by atoms with E-state index in [1.165, 1.54) is 4.83 Å². The van der Waals surface area contributed by atoms with Crippen molar-refractivity contribution in [3.63, 3.8) is 0 Å². The predicted octanol–water partition coefficient (Wildman–Crippen LogP) is -3.65. The van der Waals surface area contributed by atoms with Gasteiger partial charge in [-0.3, -0.25) is 15.9 Å². The standard InChI is InChI=1S/H4N2O2S.H4N2/c1-2-5(3)4;1-2/h2H,1H2,(H,3,4);1-2H2. The SMILES string of the molecule is NNS(=O)[O-].N[NH3+]. The second kappa shape index (κ2) is 9.34. The second-order valence-corrected chi connectivity index (χ2v) is 1.06. The third-order valence-electron chi connectivity index (χ3n) is 0.0962. The smallest absolute Gasteiger partial charge is 0.0322 e. The second-order valence-electron chi connectivity index (χ2n) is 0.353. The maximum Gasteiger partial charge on any atom is 0.0322 e. The molecule has 0 aliphatic heterocycles. The highest BCUT2D eigenvalue weighted by Gasteiger charge is 1.57. The molecule has 0 aliphatic rings. The third kappa shape index (κ3) is 24.4. The highest BCUT2D eigenvalue weighted by molar-refractivity contribution is 7.76. The minimum atomic E-state index is -2.29. The van der Waals surface area contributed by atoms with E-state index in [-0.39, 0.29) is 0 Å². The summed E-state index contributed by atoms with van der Waals surface area (Å²) in [5, 5.41) is 0. The molecule has 0 aliphatic carbocycles. The average molecular weight is 128 g/mol. The number of hydrogen-bond acceptors (Lipinski definition) is 4. The zero-order valence-corrected chi connectivity index (χ0v) is 4.40. The Hall–Kier alpha value is -0.0500. The molecule has 7 heavy (non-hydrogen) atoms. The lowest BCUT2D eigenvalue weighted by molar-refractivity contribution is -0.379. The fraction of sp³-hybridized carbons (Fsp3) is 0. The molecule has 1 atom stereocenters. The summed E-state index contributed by atoms with van der Waals surface area (Å²) >= 11 is -2.29. The highest BCUT2D eigenvalue weighted by Crippen LogP contribution is 1.43. The van der Waals surface area contributed by atoms with E-state index in [0.29, 0.717) is 0 Å². The van der Waals surface area contributed by atoms with Crippen molar-refractivity contribution >= 4 is 11.3 Å². The van der Waals surface area contributed by atoms with Gasteiger partial charge in [0.15, 0.2) is 0 Å². The van der Waals surface area contributed by atoms with Gasteiger partial charge in [-0.05, 0) is 0 Å². The molecule has 0 spiro atoms. The van der Waals surface area contributed by atoms with Crippen molar-refractivity contribution < 1.29 is 14.6 Å². The Bertz CT molecular complexity index is 45.0. The van der Waals surface area contributed by atoms with Gasteiger partial charge in [-0.1, -0.05) is 0 Å². The van der Waals surface area contributed by atoms with Gasteiger partial charge in [0, 0.05) is 11.3 Å². The van der Waals surface area contributed by atoms with Crippen LogP contribution >= 0.6 is 0 Å². The molecule has 1 unspecified atom stereocenters. The van der Waals surface area contributed by atoms with Crippen molar-refractivity contribution in [2.24, 2.45) is 11.7 Å². The lowest BCUT2D eigenvalue weighted by Gasteiger charge is -1.95. The van der Waals surface area contributed by atoms with Crippen LogP contribution in [0.3, 0.4) is 0 Å². The maximum atomic E-state index is 9.13. The number of nitrogens with one attached hydrogen (secondary N) is 1. The van der Waals surface area contributed by atoms with E-state index in [0.717, 1.165) is 0 Å². The van der Waals surface area contributed by atoms with Gasteiger partial charge >= 0.3 is 0 Å². The van der Waals surface area contributed by atoms with Gasteiger partial charge in [0.05, 0.1) is 0 Å². The first-order chi connectivity index (χ1) is 3.27. The third-order valence-corrected chi connectivity index (χ3v) is 0.289. The van der Waals surface area contributed by atoms with Crippen LogP contribution in [0.4, 0.5) is 0 Å². The fourth-order valence-corrected chi connectivity index (χ4v) is 0. The normalized spacial score (nSPS) is 11.4. The monoisotopic (exact) mass is 128 g/mol. The Morgan fingerprint density at radius 1 is 1.71 bits per heavy atom. The summed E-state index contributed by atoms with van der Waals surface area (Å²) in [4.78, 5) is 1.44. The summed E-state index contributed by atoms with van der Waals surface area (Å²) in [5.74, 6) is 11.3. The van der Waals surface area contributed by atoms with Gasteiger partial charge < -0.3 is 4.55 Å². The molecule has 0 aromatic heterocycles. The van der Waals surface area contributed by atoms with Gasteiger partial charge in [-0.2, -0.15) is 10.7 Å². The lowest BCUT2D eigenvalue weighted by atomic mass is 13.0.